The third-order valence-electron chi connectivity index (χ3n) is 4.30. The Balaban J connectivity index is 1.91. The Morgan fingerprint density at radius 2 is 1.68 bits per heavy atom. The highest BCUT2D eigenvalue weighted by molar-refractivity contribution is 5.65. The van der Waals surface area contributed by atoms with Crippen molar-refractivity contribution in [2.45, 2.75) is 25.9 Å². The van der Waals surface area contributed by atoms with E-state index in [0.29, 0.717) is 29.5 Å². The maximum atomic E-state index is 12.1. The summed E-state index contributed by atoms with van der Waals surface area (Å²) >= 11 is 0. The van der Waals surface area contributed by atoms with Crippen LogP contribution in [0.15, 0.2) is 21.3 Å². The molecule has 2 heterocycles. The van der Waals surface area contributed by atoms with Crippen molar-refractivity contribution in [2.24, 2.45) is 0 Å². The fraction of sp³-hybridized carbons (Fsp3) is 0.529. The summed E-state index contributed by atoms with van der Waals surface area (Å²) in [5.41, 5.74) is 0.587. The van der Waals surface area contributed by atoms with E-state index < -0.39 is 5.76 Å². The summed E-state index contributed by atoms with van der Waals surface area (Å²) < 4.78 is 22.7. The maximum absolute atomic E-state index is 12.1. The fourth-order valence-electron chi connectivity index (χ4n) is 3.01. The van der Waals surface area contributed by atoms with Gasteiger partial charge >= 0.3 is 5.76 Å². The van der Waals surface area contributed by atoms with Crippen LogP contribution < -0.4 is 20.0 Å². The Bertz CT molecular complexity index is 752. The van der Waals surface area contributed by atoms with Crippen molar-refractivity contribution < 1.29 is 18.6 Å². The highest BCUT2D eigenvalue weighted by Gasteiger charge is 2.19. The molecule has 0 saturated carbocycles. The Morgan fingerprint density at radius 3 is 2.24 bits per heavy atom. The van der Waals surface area contributed by atoms with Gasteiger partial charge in [-0.15, -0.1) is 5.10 Å². The van der Waals surface area contributed by atoms with Gasteiger partial charge in [-0.1, -0.05) is 6.42 Å². The maximum Gasteiger partial charge on any atom is 0.438 e. The van der Waals surface area contributed by atoms with Crippen LogP contribution in [0.1, 0.15) is 19.3 Å². The molecule has 0 radical (unpaired) electrons. The normalized spacial score (nSPS) is 15.2. The van der Waals surface area contributed by atoms with Crippen molar-refractivity contribution in [3.05, 3.63) is 22.7 Å². The molecule has 1 aliphatic heterocycles. The number of hydrogen-bond acceptors (Lipinski definition) is 7. The lowest BCUT2D eigenvalue weighted by molar-refractivity contribution is 0.168. The highest BCUT2D eigenvalue weighted by Crippen LogP contribution is 2.40. The van der Waals surface area contributed by atoms with Gasteiger partial charge in [-0.05, 0) is 38.1 Å². The number of hydrogen-bond donors (Lipinski definition) is 0. The molecule has 0 atom stereocenters. The van der Waals surface area contributed by atoms with Crippen LogP contribution in [0, 0.1) is 0 Å². The van der Waals surface area contributed by atoms with Crippen LogP contribution in [0.2, 0.25) is 0 Å². The number of ether oxygens (including phenoxy) is 3. The molecule has 136 valence electrons. The average Bonchev–Trinajstić information content (AvgIpc) is 3.01. The summed E-state index contributed by atoms with van der Waals surface area (Å²) in [6, 6.07) is 3.41. The van der Waals surface area contributed by atoms with Crippen LogP contribution >= 0.6 is 0 Å². The van der Waals surface area contributed by atoms with Gasteiger partial charge in [0.1, 0.15) is 6.67 Å². The molecular formula is C17H23N3O5. The molecule has 3 rings (SSSR count). The first-order chi connectivity index (χ1) is 12.2. The molecule has 0 amide bonds. The highest BCUT2D eigenvalue weighted by atomic mass is 16.5. The number of methoxy groups -OCH3 is 3. The molecule has 1 aromatic heterocycles. The van der Waals surface area contributed by atoms with Gasteiger partial charge in [0.05, 0.1) is 21.3 Å². The van der Waals surface area contributed by atoms with E-state index in [2.05, 4.69) is 10.00 Å². The number of piperidine rings is 1. The van der Waals surface area contributed by atoms with E-state index in [9.17, 15) is 4.79 Å². The van der Waals surface area contributed by atoms with Crippen molar-refractivity contribution in [3.8, 4) is 28.7 Å². The van der Waals surface area contributed by atoms with E-state index in [1.54, 1.807) is 12.1 Å². The molecule has 25 heavy (non-hydrogen) atoms. The van der Waals surface area contributed by atoms with Crippen molar-refractivity contribution in [2.75, 3.05) is 34.4 Å². The van der Waals surface area contributed by atoms with Crippen molar-refractivity contribution in [3.63, 3.8) is 0 Å². The third-order valence-corrected chi connectivity index (χ3v) is 4.30. The molecule has 0 unspecified atom stereocenters. The quantitative estimate of drug-likeness (QED) is 0.789. The number of nitrogens with zero attached hydrogens (tertiary/aromatic N) is 3. The van der Waals surface area contributed by atoms with Crippen LogP contribution in [-0.2, 0) is 6.67 Å². The lowest BCUT2D eigenvalue weighted by atomic mass is 10.1. The number of aromatic nitrogens is 2. The lowest BCUT2D eigenvalue weighted by Gasteiger charge is -2.25. The van der Waals surface area contributed by atoms with Gasteiger partial charge in [0.15, 0.2) is 11.5 Å². The molecular weight excluding hydrogens is 326 g/mol. The van der Waals surface area contributed by atoms with Gasteiger partial charge < -0.3 is 18.6 Å². The number of rotatable bonds is 6. The minimum Gasteiger partial charge on any atom is -0.493 e. The first kappa shape index (κ1) is 17.3. The van der Waals surface area contributed by atoms with E-state index in [4.69, 9.17) is 18.6 Å². The van der Waals surface area contributed by atoms with Gasteiger partial charge in [0.2, 0.25) is 11.6 Å². The second-order valence-corrected chi connectivity index (χ2v) is 5.91. The predicted octanol–water partition coefficient (Wildman–Crippen LogP) is 1.97. The average molecular weight is 349 g/mol. The van der Waals surface area contributed by atoms with Crippen LogP contribution in [-0.4, -0.2) is 49.1 Å². The van der Waals surface area contributed by atoms with Gasteiger partial charge in [0.25, 0.3) is 0 Å². The van der Waals surface area contributed by atoms with Gasteiger partial charge in [-0.2, -0.15) is 4.68 Å². The molecule has 8 heteroatoms. The van der Waals surface area contributed by atoms with Gasteiger partial charge in [0, 0.05) is 5.56 Å². The Labute approximate surface area is 145 Å². The summed E-state index contributed by atoms with van der Waals surface area (Å²) in [7, 11) is 4.60. The van der Waals surface area contributed by atoms with E-state index in [-0.39, 0.29) is 5.89 Å². The zero-order valence-corrected chi connectivity index (χ0v) is 14.8. The lowest BCUT2D eigenvalue weighted by Crippen LogP contribution is -2.35. The standard InChI is InChI=1S/C17H23N3O5/c1-22-13-9-12(10-14(23-2)15(13)24-3)16-18-20(17(21)25-16)11-19-7-5-4-6-8-19/h9-10H,4-8,11H2,1-3H3. The smallest absolute Gasteiger partial charge is 0.438 e. The van der Waals surface area contributed by atoms with Crippen LogP contribution in [0.3, 0.4) is 0 Å². The fourth-order valence-corrected chi connectivity index (χ4v) is 3.01. The van der Waals surface area contributed by atoms with E-state index in [1.807, 2.05) is 0 Å². The summed E-state index contributed by atoms with van der Waals surface area (Å²) in [6.45, 7) is 2.38. The van der Waals surface area contributed by atoms with Crippen LogP contribution in [0.25, 0.3) is 11.5 Å². The zero-order chi connectivity index (χ0) is 17.8. The number of benzene rings is 1. The SMILES string of the molecule is COc1cc(-c2nn(CN3CCCCC3)c(=O)o2)cc(OC)c1OC. The Kier molecular flexibility index (Phi) is 5.28. The second kappa shape index (κ2) is 7.60. The van der Waals surface area contributed by atoms with Crippen LogP contribution in [0.5, 0.6) is 17.2 Å². The Morgan fingerprint density at radius 1 is 1.04 bits per heavy atom. The largest absolute Gasteiger partial charge is 0.493 e. The molecule has 0 N–H and O–H groups in total. The molecule has 2 aromatic rings. The first-order valence-corrected chi connectivity index (χ1v) is 8.27. The minimum absolute atomic E-state index is 0.223. The summed E-state index contributed by atoms with van der Waals surface area (Å²) in [4.78, 5) is 14.3. The first-order valence-electron chi connectivity index (χ1n) is 8.27. The van der Waals surface area contributed by atoms with E-state index in [1.165, 1.54) is 32.4 Å². The topological polar surface area (TPSA) is 79.0 Å². The summed E-state index contributed by atoms with van der Waals surface area (Å²) in [5, 5.41) is 4.32. The molecule has 8 nitrogen and oxygen atoms in total. The summed E-state index contributed by atoms with van der Waals surface area (Å²) in [5.74, 6) is 1.18. The minimum atomic E-state index is -0.477. The molecule has 1 saturated heterocycles. The zero-order valence-electron chi connectivity index (χ0n) is 14.8. The Hall–Kier alpha value is -2.48. The molecule has 1 aliphatic rings. The van der Waals surface area contributed by atoms with E-state index >= 15 is 0 Å². The van der Waals surface area contributed by atoms with Crippen molar-refractivity contribution >= 4 is 0 Å². The van der Waals surface area contributed by atoms with Crippen molar-refractivity contribution in [1.29, 1.82) is 0 Å². The molecule has 0 aliphatic carbocycles. The molecule has 1 fully saturated rings. The van der Waals surface area contributed by atoms with Gasteiger partial charge in [-0.3, -0.25) is 4.90 Å². The van der Waals surface area contributed by atoms with Crippen molar-refractivity contribution in [1.82, 2.24) is 14.7 Å². The van der Waals surface area contributed by atoms with Gasteiger partial charge in [-0.25, -0.2) is 4.79 Å². The van der Waals surface area contributed by atoms with E-state index in [0.717, 1.165) is 25.9 Å². The third kappa shape index (κ3) is 3.63. The second-order valence-electron chi connectivity index (χ2n) is 5.91. The summed E-state index contributed by atoms with van der Waals surface area (Å²) in [6.07, 6.45) is 3.53. The monoisotopic (exact) mass is 349 g/mol. The molecule has 0 spiro atoms. The number of likely N-dealkylation sites (tertiary alicyclic amines) is 1. The predicted molar refractivity (Wildman–Crippen MR) is 91.3 cm³/mol. The molecule has 1 aromatic carbocycles. The molecule has 0 bridgehead atoms. The van der Waals surface area contributed by atoms with Crippen LogP contribution in [0.4, 0.5) is 0 Å².